The van der Waals surface area contributed by atoms with Gasteiger partial charge >= 0.3 is 0 Å². The lowest BCUT2D eigenvalue weighted by molar-refractivity contribution is -0.111. The van der Waals surface area contributed by atoms with Crippen LogP contribution in [0.1, 0.15) is 11.3 Å². The average molecular weight is 362 g/mol. The molecule has 0 aliphatic carbocycles. The van der Waals surface area contributed by atoms with Gasteiger partial charge in [-0.15, -0.1) is 0 Å². The van der Waals surface area contributed by atoms with Crippen LogP contribution < -0.4 is 5.32 Å². The first-order valence-corrected chi connectivity index (χ1v) is 8.60. The largest absolute Gasteiger partial charge is 0.353 e. The van der Waals surface area contributed by atoms with Crippen molar-refractivity contribution >= 4 is 51.1 Å². The van der Waals surface area contributed by atoms with Crippen molar-refractivity contribution in [1.29, 1.82) is 0 Å². The molecular weight excluding hydrogens is 346 g/mol. The Kier molecular flexibility index (Phi) is 4.19. The Hall–Kier alpha value is -3.11. The number of nitrogens with zero attached hydrogens (tertiary/aromatic N) is 1. The fourth-order valence-corrected chi connectivity index (χ4v) is 3.11. The molecule has 2 aromatic heterocycles. The highest BCUT2D eigenvalue weighted by Gasteiger charge is 2.06. The molecule has 4 rings (SSSR count). The van der Waals surface area contributed by atoms with E-state index in [0.29, 0.717) is 10.7 Å². The molecule has 4 aromatic rings. The van der Waals surface area contributed by atoms with Crippen molar-refractivity contribution in [2.45, 2.75) is 6.92 Å². The summed E-state index contributed by atoms with van der Waals surface area (Å²) >= 11 is 6.08. The highest BCUT2D eigenvalue weighted by Crippen LogP contribution is 2.25. The van der Waals surface area contributed by atoms with Crippen LogP contribution in [0.2, 0.25) is 5.02 Å². The third-order valence-corrected chi connectivity index (χ3v) is 4.75. The van der Waals surface area contributed by atoms with Crippen molar-refractivity contribution < 1.29 is 4.79 Å². The maximum absolute atomic E-state index is 12.2. The number of benzene rings is 2. The Balaban J connectivity index is 1.59. The van der Waals surface area contributed by atoms with Gasteiger partial charge in [0, 0.05) is 33.1 Å². The molecule has 4 nitrogen and oxygen atoms in total. The van der Waals surface area contributed by atoms with Crippen LogP contribution in [0, 0.1) is 6.92 Å². The zero-order chi connectivity index (χ0) is 18.1. The van der Waals surface area contributed by atoms with Gasteiger partial charge in [0.1, 0.15) is 0 Å². The molecule has 2 aromatic carbocycles. The van der Waals surface area contributed by atoms with Crippen LogP contribution in [0.25, 0.3) is 27.9 Å². The third kappa shape index (κ3) is 3.07. The van der Waals surface area contributed by atoms with Crippen molar-refractivity contribution in [3.8, 4) is 0 Å². The Labute approximate surface area is 155 Å². The van der Waals surface area contributed by atoms with Gasteiger partial charge in [0.15, 0.2) is 0 Å². The van der Waals surface area contributed by atoms with Gasteiger partial charge in [-0.3, -0.25) is 9.78 Å². The molecule has 2 N–H and O–H groups in total. The fraction of sp³-hybridized carbons (Fsp3) is 0.0476. The second-order valence-corrected chi connectivity index (χ2v) is 6.47. The normalized spacial score (nSPS) is 11.5. The number of nitrogens with one attached hydrogen (secondary N) is 2. The number of para-hydroxylation sites is 1. The lowest BCUT2D eigenvalue weighted by atomic mass is 10.1. The van der Waals surface area contributed by atoms with Crippen molar-refractivity contribution in [2.24, 2.45) is 0 Å². The van der Waals surface area contributed by atoms with Crippen LogP contribution in [0.4, 0.5) is 5.69 Å². The van der Waals surface area contributed by atoms with Crippen LogP contribution in [0.15, 0.2) is 60.8 Å². The number of fused-ring (bicyclic) bond motifs is 3. The van der Waals surface area contributed by atoms with E-state index in [9.17, 15) is 4.79 Å². The van der Waals surface area contributed by atoms with E-state index in [4.69, 9.17) is 11.6 Å². The summed E-state index contributed by atoms with van der Waals surface area (Å²) in [5.41, 5.74) is 4.31. The molecule has 1 amide bonds. The smallest absolute Gasteiger partial charge is 0.248 e. The van der Waals surface area contributed by atoms with E-state index in [1.165, 1.54) is 6.08 Å². The molecule has 0 saturated carbocycles. The van der Waals surface area contributed by atoms with Crippen molar-refractivity contribution in [3.05, 3.63) is 77.1 Å². The first-order chi connectivity index (χ1) is 12.6. The number of halogens is 1. The number of amides is 1. The first kappa shape index (κ1) is 16.4. The monoisotopic (exact) mass is 361 g/mol. The molecule has 2 heterocycles. The molecule has 26 heavy (non-hydrogen) atoms. The molecule has 5 heteroatoms. The topological polar surface area (TPSA) is 57.8 Å². The second-order valence-electron chi connectivity index (χ2n) is 6.06. The van der Waals surface area contributed by atoms with Gasteiger partial charge in [0.2, 0.25) is 5.91 Å². The fourth-order valence-electron chi connectivity index (χ4n) is 2.94. The van der Waals surface area contributed by atoms with E-state index in [1.807, 2.05) is 37.3 Å². The predicted molar refractivity (Wildman–Crippen MR) is 107 cm³/mol. The van der Waals surface area contributed by atoms with Crippen LogP contribution in [0.3, 0.4) is 0 Å². The summed E-state index contributed by atoms with van der Waals surface area (Å²) in [6.07, 6.45) is 4.97. The summed E-state index contributed by atoms with van der Waals surface area (Å²) in [6, 6.07) is 15.5. The number of carbonyl (C=O) groups is 1. The minimum atomic E-state index is -0.226. The average Bonchev–Trinajstić information content (AvgIpc) is 3.02. The van der Waals surface area contributed by atoms with E-state index in [-0.39, 0.29) is 5.91 Å². The Morgan fingerprint density at radius 1 is 1.12 bits per heavy atom. The summed E-state index contributed by atoms with van der Waals surface area (Å²) in [5.74, 6) is -0.226. The lowest BCUT2D eigenvalue weighted by Gasteiger charge is -2.07. The second kappa shape index (κ2) is 6.65. The van der Waals surface area contributed by atoms with E-state index >= 15 is 0 Å². The molecule has 0 aliphatic rings. The molecule has 0 bridgehead atoms. The maximum Gasteiger partial charge on any atom is 0.248 e. The summed E-state index contributed by atoms with van der Waals surface area (Å²) < 4.78 is 0. The maximum atomic E-state index is 12.2. The van der Waals surface area contributed by atoms with Gasteiger partial charge in [0.25, 0.3) is 0 Å². The van der Waals surface area contributed by atoms with Crippen LogP contribution in [-0.2, 0) is 4.79 Å². The van der Waals surface area contributed by atoms with Crippen LogP contribution >= 0.6 is 11.6 Å². The highest BCUT2D eigenvalue weighted by molar-refractivity contribution is 6.31. The number of rotatable bonds is 3. The van der Waals surface area contributed by atoms with Crippen molar-refractivity contribution in [3.63, 3.8) is 0 Å². The molecule has 0 radical (unpaired) electrons. The number of pyridine rings is 1. The van der Waals surface area contributed by atoms with Gasteiger partial charge < -0.3 is 10.3 Å². The zero-order valence-electron chi connectivity index (χ0n) is 14.1. The van der Waals surface area contributed by atoms with Gasteiger partial charge in [0.05, 0.1) is 17.4 Å². The van der Waals surface area contributed by atoms with Gasteiger partial charge in [-0.05, 0) is 42.8 Å². The Morgan fingerprint density at radius 2 is 1.96 bits per heavy atom. The molecule has 0 unspecified atom stereocenters. The molecule has 128 valence electrons. The quantitative estimate of drug-likeness (QED) is 0.484. The standard InChI is InChI=1S/C21H16ClN3O/c1-13-17(22)6-4-8-18(13)25-21(26)10-9-14-11-16-15-5-2-3-7-19(15)24-20(16)12-23-14/h2-12,24H,1H3,(H,25,26)/b10-9+. The number of H-pyrrole nitrogens is 1. The number of aromatic amines is 1. The predicted octanol–water partition coefficient (Wildman–Crippen LogP) is 5.33. The SMILES string of the molecule is Cc1c(Cl)cccc1NC(=O)/C=C/c1cc2c(cn1)[nH]c1ccccc12. The zero-order valence-corrected chi connectivity index (χ0v) is 14.8. The number of carbonyl (C=O) groups excluding carboxylic acids is 1. The summed E-state index contributed by atoms with van der Waals surface area (Å²) in [5, 5.41) is 5.68. The van der Waals surface area contributed by atoms with Crippen LogP contribution in [0.5, 0.6) is 0 Å². The number of aromatic nitrogens is 2. The van der Waals surface area contributed by atoms with E-state index in [1.54, 1.807) is 24.4 Å². The molecule has 0 spiro atoms. The number of hydrogen-bond acceptors (Lipinski definition) is 2. The summed E-state index contributed by atoms with van der Waals surface area (Å²) in [4.78, 5) is 19.9. The van der Waals surface area contributed by atoms with Gasteiger partial charge in [-0.2, -0.15) is 0 Å². The van der Waals surface area contributed by atoms with Crippen molar-refractivity contribution in [2.75, 3.05) is 5.32 Å². The molecular formula is C21H16ClN3O. The van der Waals surface area contributed by atoms with E-state index < -0.39 is 0 Å². The molecule has 0 fully saturated rings. The molecule has 0 aliphatic heterocycles. The molecule has 0 atom stereocenters. The third-order valence-electron chi connectivity index (χ3n) is 4.34. The molecule has 0 saturated heterocycles. The number of hydrogen-bond donors (Lipinski definition) is 2. The summed E-state index contributed by atoms with van der Waals surface area (Å²) in [7, 11) is 0. The lowest BCUT2D eigenvalue weighted by Crippen LogP contribution is -2.09. The summed E-state index contributed by atoms with van der Waals surface area (Å²) in [6.45, 7) is 1.87. The van der Waals surface area contributed by atoms with E-state index in [2.05, 4.69) is 21.4 Å². The van der Waals surface area contributed by atoms with Crippen molar-refractivity contribution in [1.82, 2.24) is 9.97 Å². The van der Waals surface area contributed by atoms with Gasteiger partial charge in [-0.1, -0.05) is 35.9 Å². The minimum Gasteiger partial charge on any atom is -0.353 e. The van der Waals surface area contributed by atoms with Gasteiger partial charge in [-0.25, -0.2) is 0 Å². The Bertz CT molecular complexity index is 1160. The Morgan fingerprint density at radius 3 is 2.85 bits per heavy atom. The number of anilines is 1. The minimum absolute atomic E-state index is 0.226. The first-order valence-electron chi connectivity index (χ1n) is 8.22. The highest BCUT2D eigenvalue weighted by atomic mass is 35.5. The van der Waals surface area contributed by atoms with E-state index in [0.717, 1.165) is 33.1 Å². The van der Waals surface area contributed by atoms with Crippen LogP contribution in [-0.4, -0.2) is 15.9 Å².